The van der Waals surface area contributed by atoms with Crippen LogP contribution in [0.15, 0.2) is 18.2 Å². The van der Waals surface area contributed by atoms with Crippen molar-refractivity contribution in [1.29, 1.82) is 0 Å². The van der Waals surface area contributed by atoms with Gasteiger partial charge in [0.15, 0.2) is 0 Å². The van der Waals surface area contributed by atoms with Gasteiger partial charge in [0.1, 0.15) is 5.82 Å². The SMILES string of the molecule is CC1C(=O)N(Cc2cccc(NN)n2)C(=O)C1C. The molecule has 0 bridgehead atoms. The number of nitrogens with two attached hydrogens (primary N) is 1. The fourth-order valence-corrected chi connectivity index (χ4v) is 1.99. The number of carbonyl (C=O) groups is 2. The number of anilines is 1. The van der Waals surface area contributed by atoms with Gasteiger partial charge < -0.3 is 5.43 Å². The van der Waals surface area contributed by atoms with Gasteiger partial charge in [-0.15, -0.1) is 0 Å². The molecule has 1 aliphatic rings. The number of imide groups is 1. The molecule has 2 atom stereocenters. The van der Waals surface area contributed by atoms with Gasteiger partial charge in [0.2, 0.25) is 11.8 Å². The molecule has 2 unspecified atom stereocenters. The summed E-state index contributed by atoms with van der Waals surface area (Å²) in [5.74, 6) is 4.98. The number of hydrogen-bond donors (Lipinski definition) is 2. The van der Waals surface area contributed by atoms with Crippen molar-refractivity contribution in [2.24, 2.45) is 17.7 Å². The highest BCUT2D eigenvalue weighted by Crippen LogP contribution is 2.26. The van der Waals surface area contributed by atoms with Crippen LogP contribution in [0.25, 0.3) is 0 Å². The lowest BCUT2D eigenvalue weighted by molar-refractivity contribution is -0.140. The van der Waals surface area contributed by atoms with Crippen LogP contribution in [0, 0.1) is 11.8 Å². The predicted octanol–water partition coefficient (Wildman–Crippen LogP) is 0.508. The second kappa shape index (κ2) is 4.73. The minimum Gasteiger partial charge on any atom is -0.308 e. The smallest absolute Gasteiger partial charge is 0.233 e. The molecule has 2 amide bonds. The van der Waals surface area contributed by atoms with Crippen LogP contribution in [0.2, 0.25) is 0 Å². The van der Waals surface area contributed by atoms with Gasteiger partial charge in [0.05, 0.1) is 12.2 Å². The van der Waals surface area contributed by atoms with Crippen LogP contribution >= 0.6 is 0 Å². The van der Waals surface area contributed by atoms with E-state index in [1.54, 1.807) is 32.0 Å². The van der Waals surface area contributed by atoms with Crippen molar-refractivity contribution >= 4 is 17.6 Å². The number of nitrogens with zero attached hydrogens (tertiary/aromatic N) is 2. The third kappa shape index (κ3) is 2.06. The molecule has 2 rings (SSSR count). The molecule has 3 N–H and O–H groups in total. The quantitative estimate of drug-likeness (QED) is 0.462. The Morgan fingerprint density at radius 3 is 2.44 bits per heavy atom. The van der Waals surface area contributed by atoms with E-state index in [1.165, 1.54) is 4.90 Å². The lowest BCUT2D eigenvalue weighted by Crippen LogP contribution is -2.30. The third-order valence-corrected chi connectivity index (χ3v) is 3.34. The number of rotatable bonds is 3. The van der Waals surface area contributed by atoms with Crippen molar-refractivity contribution in [3.05, 3.63) is 23.9 Å². The van der Waals surface area contributed by atoms with E-state index < -0.39 is 0 Å². The van der Waals surface area contributed by atoms with E-state index in [0.717, 1.165) is 0 Å². The molecule has 1 aromatic heterocycles. The van der Waals surface area contributed by atoms with Gasteiger partial charge in [-0.25, -0.2) is 10.8 Å². The summed E-state index contributed by atoms with van der Waals surface area (Å²) in [4.78, 5) is 29.3. The van der Waals surface area contributed by atoms with Gasteiger partial charge in [-0.1, -0.05) is 19.9 Å². The van der Waals surface area contributed by atoms with E-state index in [-0.39, 0.29) is 30.2 Å². The van der Waals surface area contributed by atoms with Crippen LogP contribution in [-0.4, -0.2) is 21.7 Å². The van der Waals surface area contributed by atoms with Crippen LogP contribution in [-0.2, 0) is 16.1 Å². The number of nitrogens with one attached hydrogen (secondary N) is 1. The number of hydrogen-bond acceptors (Lipinski definition) is 5. The standard InChI is InChI=1S/C12H16N4O2/c1-7-8(2)12(18)16(11(7)17)6-9-4-3-5-10(14-9)15-13/h3-5,7-8H,6,13H2,1-2H3,(H,14,15). The predicted molar refractivity (Wildman–Crippen MR) is 65.9 cm³/mol. The highest BCUT2D eigenvalue weighted by molar-refractivity contribution is 6.04. The first-order chi connectivity index (χ1) is 8.54. The van der Waals surface area contributed by atoms with Crippen LogP contribution in [0.5, 0.6) is 0 Å². The van der Waals surface area contributed by atoms with E-state index in [9.17, 15) is 9.59 Å². The zero-order valence-electron chi connectivity index (χ0n) is 10.4. The summed E-state index contributed by atoms with van der Waals surface area (Å²) in [6, 6.07) is 5.24. The van der Waals surface area contributed by atoms with Crippen LogP contribution in [0.4, 0.5) is 5.82 Å². The summed E-state index contributed by atoms with van der Waals surface area (Å²) < 4.78 is 0. The van der Waals surface area contributed by atoms with Gasteiger partial charge >= 0.3 is 0 Å². The minimum atomic E-state index is -0.256. The van der Waals surface area contributed by atoms with Gasteiger partial charge in [-0.05, 0) is 12.1 Å². The molecule has 1 aliphatic heterocycles. The first-order valence-electron chi connectivity index (χ1n) is 5.82. The summed E-state index contributed by atoms with van der Waals surface area (Å²) in [6.45, 7) is 3.74. The molecular weight excluding hydrogens is 232 g/mol. The zero-order chi connectivity index (χ0) is 13.3. The van der Waals surface area contributed by atoms with Crippen molar-refractivity contribution in [2.45, 2.75) is 20.4 Å². The summed E-state index contributed by atoms with van der Waals surface area (Å²) in [6.07, 6.45) is 0. The molecule has 0 saturated carbocycles. The number of amides is 2. The Balaban J connectivity index is 2.18. The number of carbonyl (C=O) groups excluding carboxylic acids is 2. The fraction of sp³-hybridized carbons (Fsp3) is 0.417. The number of likely N-dealkylation sites (tertiary alicyclic amines) is 1. The topological polar surface area (TPSA) is 88.3 Å². The molecule has 0 spiro atoms. The molecule has 0 aromatic carbocycles. The zero-order valence-corrected chi connectivity index (χ0v) is 10.4. The van der Waals surface area contributed by atoms with Gasteiger partial charge in [0.25, 0.3) is 0 Å². The monoisotopic (exact) mass is 248 g/mol. The average Bonchev–Trinajstić information content (AvgIpc) is 2.57. The van der Waals surface area contributed by atoms with Crippen LogP contribution < -0.4 is 11.3 Å². The average molecular weight is 248 g/mol. The summed E-state index contributed by atoms with van der Waals surface area (Å²) in [5, 5.41) is 0. The van der Waals surface area contributed by atoms with E-state index in [1.807, 2.05) is 0 Å². The van der Waals surface area contributed by atoms with E-state index in [2.05, 4.69) is 10.4 Å². The number of hydrazine groups is 1. The van der Waals surface area contributed by atoms with Gasteiger partial charge in [0, 0.05) is 11.8 Å². The molecule has 1 aromatic rings. The Bertz CT molecular complexity index is 469. The van der Waals surface area contributed by atoms with Crippen LogP contribution in [0.1, 0.15) is 19.5 Å². The molecule has 1 saturated heterocycles. The maximum absolute atomic E-state index is 11.9. The Kier molecular flexibility index (Phi) is 3.29. The lowest BCUT2D eigenvalue weighted by Gasteiger charge is -2.14. The second-order valence-corrected chi connectivity index (χ2v) is 4.50. The summed E-state index contributed by atoms with van der Waals surface area (Å²) in [7, 11) is 0. The van der Waals surface area contributed by atoms with Gasteiger partial charge in [-0.3, -0.25) is 14.5 Å². The van der Waals surface area contributed by atoms with Crippen molar-refractivity contribution in [1.82, 2.24) is 9.88 Å². The number of nitrogen functional groups attached to an aromatic ring is 1. The fourth-order valence-electron chi connectivity index (χ4n) is 1.99. The third-order valence-electron chi connectivity index (χ3n) is 3.34. The Morgan fingerprint density at radius 1 is 1.28 bits per heavy atom. The van der Waals surface area contributed by atoms with Crippen molar-refractivity contribution in [3.8, 4) is 0 Å². The highest BCUT2D eigenvalue weighted by atomic mass is 16.2. The van der Waals surface area contributed by atoms with Crippen molar-refractivity contribution in [3.63, 3.8) is 0 Å². The Morgan fingerprint density at radius 2 is 1.89 bits per heavy atom. The van der Waals surface area contributed by atoms with E-state index in [4.69, 9.17) is 5.84 Å². The summed E-state index contributed by atoms with van der Waals surface area (Å²) in [5.41, 5.74) is 3.07. The molecule has 0 radical (unpaired) electrons. The first kappa shape index (κ1) is 12.5. The molecule has 2 heterocycles. The highest BCUT2D eigenvalue weighted by Gasteiger charge is 2.42. The molecular formula is C12H16N4O2. The van der Waals surface area contributed by atoms with E-state index in [0.29, 0.717) is 11.5 Å². The number of aromatic nitrogens is 1. The van der Waals surface area contributed by atoms with Crippen molar-refractivity contribution < 1.29 is 9.59 Å². The maximum atomic E-state index is 11.9. The number of pyridine rings is 1. The summed E-state index contributed by atoms with van der Waals surface area (Å²) >= 11 is 0. The van der Waals surface area contributed by atoms with E-state index >= 15 is 0 Å². The van der Waals surface area contributed by atoms with Gasteiger partial charge in [-0.2, -0.15) is 0 Å². The molecule has 6 heteroatoms. The Labute approximate surface area is 105 Å². The van der Waals surface area contributed by atoms with Crippen molar-refractivity contribution in [2.75, 3.05) is 5.43 Å². The molecule has 0 aliphatic carbocycles. The molecule has 96 valence electrons. The largest absolute Gasteiger partial charge is 0.308 e. The lowest BCUT2D eigenvalue weighted by atomic mass is 10.00. The first-order valence-corrected chi connectivity index (χ1v) is 5.82. The molecule has 6 nitrogen and oxygen atoms in total. The van der Waals surface area contributed by atoms with Crippen LogP contribution in [0.3, 0.4) is 0 Å². The second-order valence-electron chi connectivity index (χ2n) is 4.50. The Hall–Kier alpha value is -1.95. The molecule has 1 fully saturated rings. The maximum Gasteiger partial charge on any atom is 0.233 e. The molecule has 18 heavy (non-hydrogen) atoms. The normalized spacial score (nSPS) is 23.6. The minimum absolute atomic E-state index is 0.139.